The molecule has 3 aliphatic heterocycles. The summed E-state index contributed by atoms with van der Waals surface area (Å²) in [6, 6.07) is 7.32. The van der Waals surface area contributed by atoms with Crippen molar-refractivity contribution in [2.75, 3.05) is 11.5 Å². The van der Waals surface area contributed by atoms with E-state index in [2.05, 4.69) is 0 Å². The van der Waals surface area contributed by atoms with Crippen molar-refractivity contribution in [3.63, 3.8) is 0 Å². The zero-order chi connectivity index (χ0) is 14.8. The number of hydrogen-bond donors (Lipinski definition) is 1. The highest BCUT2D eigenvalue weighted by atomic mass is 16.5. The van der Waals surface area contributed by atoms with Gasteiger partial charge in [0, 0.05) is 0 Å². The van der Waals surface area contributed by atoms with Crippen LogP contribution < -0.4 is 4.90 Å². The van der Waals surface area contributed by atoms with Crippen LogP contribution in [-0.4, -0.2) is 35.2 Å². The van der Waals surface area contributed by atoms with Gasteiger partial charge in [0.05, 0.1) is 30.2 Å². The van der Waals surface area contributed by atoms with Crippen LogP contribution in [0.15, 0.2) is 36.4 Å². The maximum Gasteiger partial charge on any atom is 0.241 e. The number of benzene rings is 1. The molecule has 0 saturated carbocycles. The van der Waals surface area contributed by atoms with Crippen molar-refractivity contribution < 1.29 is 19.4 Å². The molecule has 0 aliphatic carbocycles. The summed E-state index contributed by atoms with van der Waals surface area (Å²) in [7, 11) is 0. The molecular formula is C16H15NO4. The molecule has 0 aromatic heterocycles. The second-order valence-corrected chi connectivity index (χ2v) is 5.86. The summed E-state index contributed by atoms with van der Waals surface area (Å²) in [5.74, 6) is -1.65. The predicted molar refractivity (Wildman–Crippen MR) is 74.5 cm³/mol. The molecule has 2 fully saturated rings. The lowest BCUT2D eigenvalue weighted by molar-refractivity contribution is -0.128. The zero-order valence-corrected chi connectivity index (χ0v) is 11.5. The number of nitrogens with zero attached hydrogens (tertiary/aromatic N) is 1. The molecule has 4 atom stereocenters. The van der Waals surface area contributed by atoms with Gasteiger partial charge in [-0.3, -0.25) is 9.59 Å². The van der Waals surface area contributed by atoms with Gasteiger partial charge < -0.3 is 9.84 Å². The number of fused-ring (bicyclic) bond motifs is 5. The van der Waals surface area contributed by atoms with Gasteiger partial charge in [0.15, 0.2) is 0 Å². The third-order valence-corrected chi connectivity index (χ3v) is 4.76. The highest BCUT2D eigenvalue weighted by Crippen LogP contribution is 2.52. The summed E-state index contributed by atoms with van der Waals surface area (Å²) < 4.78 is 5.70. The number of carbonyl (C=O) groups is 2. The summed E-state index contributed by atoms with van der Waals surface area (Å²) in [6.07, 6.45) is 3.10. The van der Waals surface area contributed by atoms with Gasteiger partial charge in [-0.05, 0) is 18.6 Å². The first kappa shape index (κ1) is 12.7. The van der Waals surface area contributed by atoms with Crippen LogP contribution in [0.1, 0.15) is 5.56 Å². The molecule has 1 N–H and O–H groups in total. The molecule has 4 rings (SSSR count). The average molecular weight is 285 g/mol. The first-order valence-electron chi connectivity index (χ1n) is 7.00. The minimum atomic E-state index is -1.03. The second kappa shape index (κ2) is 4.02. The molecule has 3 aliphatic rings. The summed E-state index contributed by atoms with van der Waals surface area (Å²) in [5.41, 5.74) is 0.465. The lowest BCUT2D eigenvalue weighted by atomic mass is 9.77. The van der Waals surface area contributed by atoms with Crippen LogP contribution >= 0.6 is 0 Å². The molecular weight excluding hydrogens is 270 g/mol. The second-order valence-electron chi connectivity index (χ2n) is 5.86. The number of rotatable bonds is 2. The molecule has 2 amide bonds. The van der Waals surface area contributed by atoms with Gasteiger partial charge in [0.1, 0.15) is 5.60 Å². The van der Waals surface area contributed by atoms with Crippen LogP contribution in [0.4, 0.5) is 5.69 Å². The first-order valence-corrected chi connectivity index (χ1v) is 7.00. The molecule has 2 bridgehead atoms. The fourth-order valence-electron chi connectivity index (χ4n) is 3.74. The number of para-hydroxylation sites is 1. The van der Waals surface area contributed by atoms with E-state index in [9.17, 15) is 14.7 Å². The van der Waals surface area contributed by atoms with Crippen LogP contribution in [0, 0.1) is 18.8 Å². The number of anilines is 1. The Bertz CT molecular complexity index is 683. The first-order chi connectivity index (χ1) is 10.1. The fraction of sp³-hybridized carbons (Fsp3) is 0.375. The van der Waals surface area contributed by atoms with Gasteiger partial charge in [0.2, 0.25) is 11.8 Å². The van der Waals surface area contributed by atoms with E-state index >= 15 is 0 Å². The third-order valence-electron chi connectivity index (χ3n) is 4.76. The van der Waals surface area contributed by atoms with Gasteiger partial charge >= 0.3 is 0 Å². The lowest BCUT2D eigenvalue weighted by Crippen LogP contribution is -2.43. The molecule has 1 aromatic carbocycles. The maximum absolute atomic E-state index is 12.8. The van der Waals surface area contributed by atoms with E-state index in [-0.39, 0.29) is 18.4 Å². The Morgan fingerprint density at radius 2 is 2.05 bits per heavy atom. The highest BCUT2D eigenvalue weighted by Gasteiger charge is 2.67. The Hall–Kier alpha value is -1.98. The molecule has 5 heteroatoms. The van der Waals surface area contributed by atoms with Crippen LogP contribution in [0.5, 0.6) is 0 Å². The molecule has 0 radical (unpaired) electrons. The molecule has 3 heterocycles. The monoisotopic (exact) mass is 285 g/mol. The van der Waals surface area contributed by atoms with E-state index in [4.69, 9.17) is 4.74 Å². The van der Waals surface area contributed by atoms with Crippen molar-refractivity contribution in [2.24, 2.45) is 11.8 Å². The van der Waals surface area contributed by atoms with Crippen LogP contribution in [0.3, 0.4) is 0 Å². The SMILES string of the molecule is Cc1ccccc1N1C(=O)[C@H]2[C@@H]3C=C[C@@](CO)(O3)[C@@H]2C1=O. The van der Waals surface area contributed by atoms with Crippen molar-refractivity contribution in [2.45, 2.75) is 18.6 Å². The van der Waals surface area contributed by atoms with Gasteiger partial charge in [-0.2, -0.15) is 0 Å². The lowest BCUT2D eigenvalue weighted by Gasteiger charge is -2.26. The minimum Gasteiger partial charge on any atom is -0.393 e. The number of aliphatic hydroxyl groups excluding tert-OH is 1. The Labute approximate surface area is 121 Å². The Balaban J connectivity index is 1.81. The smallest absolute Gasteiger partial charge is 0.241 e. The number of hydrogen-bond acceptors (Lipinski definition) is 4. The van der Waals surface area contributed by atoms with E-state index in [0.29, 0.717) is 5.69 Å². The largest absolute Gasteiger partial charge is 0.393 e. The summed E-state index contributed by atoms with van der Waals surface area (Å²) in [6.45, 7) is 1.58. The van der Waals surface area contributed by atoms with E-state index in [1.807, 2.05) is 25.1 Å². The third kappa shape index (κ3) is 1.42. The van der Waals surface area contributed by atoms with Crippen molar-refractivity contribution in [1.82, 2.24) is 0 Å². The highest BCUT2D eigenvalue weighted by molar-refractivity contribution is 6.23. The van der Waals surface area contributed by atoms with Crippen molar-refractivity contribution in [3.05, 3.63) is 42.0 Å². The quantitative estimate of drug-likeness (QED) is 0.645. The normalized spacial score (nSPS) is 36.7. The Morgan fingerprint density at radius 3 is 2.76 bits per heavy atom. The molecule has 21 heavy (non-hydrogen) atoms. The summed E-state index contributed by atoms with van der Waals surface area (Å²) in [5, 5.41) is 9.65. The number of ether oxygens (including phenoxy) is 1. The zero-order valence-electron chi connectivity index (χ0n) is 11.5. The van der Waals surface area contributed by atoms with Gasteiger partial charge in [-0.15, -0.1) is 0 Å². The van der Waals surface area contributed by atoms with Crippen molar-refractivity contribution in [3.8, 4) is 0 Å². The topological polar surface area (TPSA) is 66.8 Å². The number of amides is 2. The van der Waals surface area contributed by atoms with Crippen LogP contribution in [-0.2, 0) is 14.3 Å². The number of carbonyl (C=O) groups excluding carboxylic acids is 2. The summed E-state index contributed by atoms with van der Waals surface area (Å²) in [4.78, 5) is 26.8. The van der Waals surface area contributed by atoms with Gasteiger partial charge in [-0.25, -0.2) is 4.90 Å². The average Bonchev–Trinajstić information content (AvgIpc) is 3.12. The summed E-state index contributed by atoms with van der Waals surface area (Å²) >= 11 is 0. The molecule has 2 saturated heterocycles. The minimum absolute atomic E-state index is 0.232. The molecule has 0 spiro atoms. The van der Waals surface area contributed by atoms with Crippen molar-refractivity contribution >= 4 is 17.5 Å². The van der Waals surface area contributed by atoms with E-state index < -0.39 is 23.5 Å². The molecule has 108 valence electrons. The molecule has 5 nitrogen and oxygen atoms in total. The van der Waals surface area contributed by atoms with Gasteiger partial charge in [0.25, 0.3) is 0 Å². The predicted octanol–water partition coefficient (Wildman–Crippen LogP) is 0.800. The van der Waals surface area contributed by atoms with Crippen molar-refractivity contribution in [1.29, 1.82) is 0 Å². The number of imide groups is 1. The number of aliphatic hydroxyl groups is 1. The molecule has 0 unspecified atom stereocenters. The standard InChI is InChI=1S/C16H15NO4/c1-9-4-2-3-5-10(9)17-14(19)12-11-6-7-16(8-18,21-11)13(12)15(17)20/h2-7,11-13,18H,8H2,1H3/t11-,12-,13-,16-/m0/s1. The van der Waals surface area contributed by atoms with E-state index in [1.54, 1.807) is 18.2 Å². The molecule has 1 aromatic rings. The van der Waals surface area contributed by atoms with Crippen LogP contribution in [0.2, 0.25) is 0 Å². The van der Waals surface area contributed by atoms with Crippen LogP contribution in [0.25, 0.3) is 0 Å². The Kier molecular flexibility index (Phi) is 2.44. The maximum atomic E-state index is 12.8. The Morgan fingerprint density at radius 1 is 1.29 bits per heavy atom. The van der Waals surface area contributed by atoms with E-state index in [1.165, 1.54) is 4.90 Å². The van der Waals surface area contributed by atoms with E-state index in [0.717, 1.165) is 5.56 Å². The fourth-order valence-corrected chi connectivity index (χ4v) is 3.74. The number of aryl methyl sites for hydroxylation is 1. The van der Waals surface area contributed by atoms with Gasteiger partial charge in [-0.1, -0.05) is 30.4 Å².